The molecule has 0 atom stereocenters. The first-order valence-electron chi connectivity index (χ1n) is 5.26. The molecule has 1 aromatic carbocycles. The highest BCUT2D eigenvalue weighted by Gasteiger charge is 2.07. The maximum Gasteiger partial charge on any atom is 0.275 e. The Morgan fingerprint density at radius 2 is 1.89 bits per heavy atom. The lowest BCUT2D eigenvalue weighted by Crippen LogP contribution is -2.14. The average Bonchev–Trinajstić information content (AvgIpc) is 2.41. The van der Waals surface area contributed by atoms with Gasteiger partial charge in [0.05, 0.1) is 12.4 Å². The number of rotatable bonds is 3. The molecular weight excluding hydrogens is 343 g/mol. The minimum atomic E-state index is -0.272. The molecule has 1 amide bonds. The molecule has 0 aliphatic heterocycles. The van der Waals surface area contributed by atoms with E-state index in [4.69, 9.17) is 0 Å². The molecule has 6 heteroatoms. The molecule has 18 heavy (non-hydrogen) atoms. The van der Waals surface area contributed by atoms with Gasteiger partial charge < -0.3 is 10.6 Å². The summed E-state index contributed by atoms with van der Waals surface area (Å²) < 4.78 is 1.11. The Balaban J connectivity index is 2.09. The summed E-state index contributed by atoms with van der Waals surface area (Å²) in [4.78, 5) is 19.9. The number of nitrogens with zero attached hydrogens (tertiary/aromatic N) is 2. The molecule has 2 N–H and O–H groups in total. The number of halogens is 1. The van der Waals surface area contributed by atoms with Crippen molar-refractivity contribution in [2.45, 2.75) is 0 Å². The van der Waals surface area contributed by atoms with Gasteiger partial charge in [0.15, 0.2) is 0 Å². The molecular formula is C12H11IN4O. The fourth-order valence-corrected chi connectivity index (χ4v) is 1.66. The van der Waals surface area contributed by atoms with Crippen molar-refractivity contribution >= 4 is 40.0 Å². The Morgan fingerprint density at radius 1 is 1.17 bits per heavy atom. The summed E-state index contributed by atoms with van der Waals surface area (Å²) in [5, 5.41) is 5.60. The van der Waals surface area contributed by atoms with E-state index in [9.17, 15) is 4.79 Å². The highest BCUT2D eigenvalue weighted by molar-refractivity contribution is 14.1. The van der Waals surface area contributed by atoms with Gasteiger partial charge in [0.2, 0.25) is 0 Å². The van der Waals surface area contributed by atoms with Gasteiger partial charge in [-0.25, -0.2) is 9.97 Å². The molecule has 1 heterocycles. The van der Waals surface area contributed by atoms with Crippen LogP contribution in [0.15, 0.2) is 36.7 Å². The van der Waals surface area contributed by atoms with Gasteiger partial charge in [0, 0.05) is 16.3 Å². The molecule has 0 aliphatic carbocycles. The van der Waals surface area contributed by atoms with E-state index in [0.717, 1.165) is 9.26 Å². The summed E-state index contributed by atoms with van der Waals surface area (Å²) >= 11 is 2.21. The maximum absolute atomic E-state index is 11.9. The van der Waals surface area contributed by atoms with Crippen LogP contribution in [0.2, 0.25) is 0 Å². The number of nitrogens with one attached hydrogen (secondary N) is 2. The molecule has 0 radical (unpaired) electrons. The zero-order valence-electron chi connectivity index (χ0n) is 9.64. The lowest BCUT2D eigenvalue weighted by atomic mass is 10.3. The molecule has 0 bridgehead atoms. The van der Waals surface area contributed by atoms with E-state index in [2.05, 4.69) is 43.2 Å². The minimum absolute atomic E-state index is 0.272. The molecule has 1 aromatic heterocycles. The first kappa shape index (κ1) is 12.7. The van der Waals surface area contributed by atoms with Crippen molar-refractivity contribution in [3.05, 3.63) is 45.9 Å². The number of anilines is 2. The molecule has 0 unspecified atom stereocenters. The second-order valence-corrected chi connectivity index (χ2v) is 4.74. The topological polar surface area (TPSA) is 66.9 Å². The quantitative estimate of drug-likeness (QED) is 0.831. The van der Waals surface area contributed by atoms with Gasteiger partial charge in [-0.05, 0) is 46.9 Å². The highest BCUT2D eigenvalue weighted by atomic mass is 127. The van der Waals surface area contributed by atoms with Crippen LogP contribution in [0.3, 0.4) is 0 Å². The van der Waals surface area contributed by atoms with E-state index in [0.29, 0.717) is 5.82 Å². The van der Waals surface area contributed by atoms with Crippen molar-refractivity contribution in [2.24, 2.45) is 0 Å². The summed E-state index contributed by atoms with van der Waals surface area (Å²) in [7, 11) is 1.75. The lowest BCUT2D eigenvalue weighted by molar-refractivity contribution is 0.102. The number of hydrogen-bond donors (Lipinski definition) is 2. The third kappa shape index (κ3) is 3.16. The largest absolute Gasteiger partial charge is 0.372 e. The van der Waals surface area contributed by atoms with E-state index in [1.807, 2.05) is 24.3 Å². The predicted octanol–water partition coefficient (Wildman–Crippen LogP) is 2.38. The second-order valence-electron chi connectivity index (χ2n) is 3.50. The third-order valence-electron chi connectivity index (χ3n) is 2.24. The fourth-order valence-electron chi connectivity index (χ4n) is 1.30. The second kappa shape index (κ2) is 5.76. The standard InChI is InChI=1S/C12H11IN4O/c1-14-11-7-15-10(6-16-11)12(18)17-9-4-2-8(13)3-5-9/h2-7H,1H3,(H,14,16)(H,17,18). The van der Waals surface area contributed by atoms with Crippen molar-refractivity contribution in [1.29, 1.82) is 0 Å². The highest BCUT2D eigenvalue weighted by Crippen LogP contribution is 2.12. The number of hydrogen-bond acceptors (Lipinski definition) is 4. The molecule has 0 saturated carbocycles. The average molecular weight is 354 g/mol. The third-order valence-corrected chi connectivity index (χ3v) is 2.96. The van der Waals surface area contributed by atoms with E-state index < -0.39 is 0 Å². The van der Waals surface area contributed by atoms with Crippen molar-refractivity contribution < 1.29 is 4.79 Å². The Morgan fingerprint density at radius 3 is 2.44 bits per heavy atom. The Bertz CT molecular complexity index is 539. The molecule has 2 aromatic rings. The van der Waals surface area contributed by atoms with Crippen LogP contribution in [0.5, 0.6) is 0 Å². The van der Waals surface area contributed by atoms with Gasteiger partial charge in [-0.15, -0.1) is 0 Å². The molecule has 0 aliphatic rings. The Kier molecular flexibility index (Phi) is 4.08. The SMILES string of the molecule is CNc1cnc(C(=O)Nc2ccc(I)cc2)cn1. The molecule has 0 saturated heterocycles. The van der Waals surface area contributed by atoms with Gasteiger partial charge in [0.1, 0.15) is 11.5 Å². The molecule has 2 rings (SSSR count). The minimum Gasteiger partial charge on any atom is -0.372 e. The van der Waals surface area contributed by atoms with Crippen LogP contribution in [0.4, 0.5) is 11.5 Å². The predicted molar refractivity (Wildman–Crippen MR) is 78.7 cm³/mol. The van der Waals surface area contributed by atoms with Gasteiger partial charge in [-0.2, -0.15) is 0 Å². The van der Waals surface area contributed by atoms with Crippen LogP contribution < -0.4 is 10.6 Å². The number of aromatic nitrogens is 2. The van der Waals surface area contributed by atoms with Gasteiger partial charge in [-0.1, -0.05) is 0 Å². The van der Waals surface area contributed by atoms with Crippen LogP contribution in [-0.4, -0.2) is 22.9 Å². The maximum atomic E-state index is 11.9. The fraction of sp³-hybridized carbons (Fsp3) is 0.0833. The summed E-state index contributed by atoms with van der Waals surface area (Å²) in [6, 6.07) is 7.53. The van der Waals surface area contributed by atoms with Gasteiger partial charge in [0.25, 0.3) is 5.91 Å². The van der Waals surface area contributed by atoms with Crippen molar-refractivity contribution in [3.8, 4) is 0 Å². The van der Waals surface area contributed by atoms with E-state index in [1.165, 1.54) is 12.4 Å². The molecule has 92 valence electrons. The lowest BCUT2D eigenvalue weighted by Gasteiger charge is -2.05. The summed E-state index contributed by atoms with van der Waals surface area (Å²) in [5.41, 5.74) is 1.02. The van der Waals surface area contributed by atoms with Crippen LogP contribution in [0, 0.1) is 3.57 Å². The van der Waals surface area contributed by atoms with Crippen molar-refractivity contribution in [3.63, 3.8) is 0 Å². The summed E-state index contributed by atoms with van der Waals surface area (Å²) in [6.45, 7) is 0. The number of carbonyl (C=O) groups is 1. The van der Waals surface area contributed by atoms with Crippen LogP contribution in [-0.2, 0) is 0 Å². The van der Waals surface area contributed by atoms with Crippen LogP contribution >= 0.6 is 22.6 Å². The number of amides is 1. The first-order valence-corrected chi connectivity index (χ1v) is 6.33. The zero-order chi connectivity index (χ0) is 13.0. The van der Waals surface area contributed by atoms with Crippen LogP contribution in [0.25, 0.3) is 0 Å². The van der Waals surface area contributed by atoms with Crippen LogP contribution in [0.1, 0.15) is 10.5 Å². The monoisotopic (exact) mass is 354 g/mol. The number of carbonyl (C=O) groups excluding carboxylic acids is 1. The van der Waals surface area contributed by atoms with Crippen molar-refractivity contribution in [2.75, 3.05) is 17.7 Å². The Labute approximate surface area is 118 Å². The first-order chi connectivity index (χ1) is 8.69. The van der Waals surface area contributed by atoms with Gasteiger partial charge in [-0.3, -0.25) is 4.79 Å². The zero-order valence-corrected chi connectivity index (χ0v) is 11.8. The summed E-state index contributed by atoms with van der Waals surface area (Å²) in [6.07, 6.45) is 2.96. The van der Waals surface area contributed by atoms with Gasteiger partial charge >= 0.3 is 0 Å². The smallest absolute Gasteiger partial charge is 0.275 e. The van der Waals surface area contributed by atoms with E-state index in [-0.39, 0.29) is 11.6 Å². The van der Waals surface area contributed by atoms with Crippen molar-refractivity contribution in [1.82, 2.24) is 9.97 Å². The molecule has 0 fully saturated rings. The Hall–Kier alpha value is -1.70. The molecule has 5 nitrogen and oxygen atoms in total. The summed E-state index contributed by atoms with van der Waals surface area (Å²) in [5.74, 6) is 0.354. The van der Waals surface area contributed by atoms with E-state index in [1.54, 1.807) is 7.05 Å². The normalized spacial score (nSPS) is 9.89. The van der Waals surface area contributed by atoms with E-state index >= 15 is 0 Å². The number of benzene rings is 1. The molecule has 0 spiro atoms.